The van der Waals surface area contributed by atoms with Crippen molar-refractivity contribution >= 4 is 54.8 Å². The zero-order valence-electron chi connectivity index (χ0n) is 17.9. The molecule has 0 aliphatic heterocycles. The number of halogens is 1. The lowest BCUT2D eigenvalue weighted by atomic mass is 10.2. The highest BCUT2D eigenvalue weighted by Crippen LogP contribution is 2.30. The van der Waals surface area contributed by atoms with Gasteiger partial charge in [-0.05, 0) is 50.3 Å². The van der Waals surface area contributed by atoms with E-state index in [9.17, 15) is 13.2 Å². The van der Waals surface area contributed by atoms with Gasteiger partial charge in [0.25, 0.3) is 0 Å². The molecular formula is C22H28ClN3O3S2. The summed E-state index contributed by atoms with van der Waals surface area (Å²) in [7, 11) is 0.367. The first kappa shape index (κ1) is 25.3. The molecule has 2 aromatic carbocycles. The van der Waals surface area contributed by atoms with E-state index in [2.05, 4.69) is 18.0 Å². The molecule has 31 heavy (non-hydrogen) atoms. The third kappa shape index (κ3) is 6.49. The van der Waals surface area contributed by atoms with Crippen LogP contribution in [0, 0.1) is 0 Å². The van der Waals surface area contributed by atoms with Gasteiger partial charge in [0.1, 0.15) is 0 Å². The molecule has 0 saturated carbocycles. The quantitative estimate of drug-likeness (QED) is 0.461. The second-order valence-electron chi connectivity index (χ2n) is 7.38. The van der Waals surface area contributed by atoms with Gasteiger partial charge in [-0.25, -0.2) is 13.4 Å². The Morgan fingerprint density at radius 3 is 2.42 bits per heavy atom. The van der Waals surface area contributed by atoms with Crippen molar-refractivity contribution in [3.63, 3.8) is 0 Å². The molecular weight excluding hydrogens is 454 g/mol. The van der Waals surface area contributed by atoms with Crippen molar-refractivity contribution in [2.45, 2.75) is 24.7 Å². The highest BCUT2D eigenvalue weighted by molar-refractivity contribution is 7.91. The second-order valence-corrected chi connectivity index (χ2v) is 10.5. The molecule has 168 valence electrons. The number of sulfone groups is 1. The molecule has 3 rings (SSSR count). The van der Waals surface area contributed by atoms with Crippen LogP contribution in [0.5, 0.6) is 0 Å². The Balaban J connectivity index is 0.00000341. The van der Waals surface area contributed by atoms with Crippen molar-refractivity contribution in [3.05, 3.63) is 54.1 Å². The first-order valence-electron chi connectivity index (χ1n) is 9.92. The summed E-state index contributed by atoms with van der Waals surface area (Å²) in [5, 5.41) is 0.613. The van der Waals surface area contributed by atoms with E-state index in [-0.39, 0.29) is 35.4 Å². The monoisotopic (exact) mass is 481 g/mol. The molecule has 1 heterocycles. The molecule has 1 amide bonds. The summed E-state index contributed by atoms with van der Waals surface area (Å²) < 4.78 is 26.2. The lowest BCUT2D eigenvalue weighted by Gasteiger charge is -2.22. The molecule has 0 aliphatic carbocycles. The van der Waals surface area contributed by atoms with Crippen LogP contribution in [-0.2, 0) is 21.1 Å². The van der Waals surface area contributed by atoms with E-state index >= 15 is 0 Å². The maximum atomic E-state index is 13.0. The van der Waals surface area contributed by atoms with Crippen LogP contribution in [0.2, 0.25) is 0 Å². The molecule has 0 saturated heterocycles. The van der Waals surface area contributed by atoms with Gasteiger partial charge in [-0.3, -0.25) is 9.69 Å². The number of hydrogen-bond acceptors (Lipinski definition) is 6. The van der Waals surface area contributed by atoms with E-state index < -0.39 is 9.84 Å². The van der Waals surface area contributed by atoms with Crippen molar-refractivity contribution in [1.82, 2.24) is 9.88 Å². The zero-order valence-corrected chi connectivity index (χ0v) is 20.4. The molecule has 0 aliphatic rings. The normalized spacial score (nSPS) is 11.5. The lowest BCUT2D eigenvalue weighted by Crippen LogP contribution is -2.37. The number of nitrogens with zero attached hydrogens (tertiary/aromatic N) is 3. The van der Waals surface area contributed by atoms with E-state index in [0.717, 1.165) is 16.6 Å². The maximum Gasteiger partial charge on any atom is 0.229 e. The summed E-state index contributed by atoms with van der Waals surface area (Å²) in [6, 6.07) is 14.4. The average Bonchev–Trinajstić information content (AvgIpc) is 3.15. The van der Waals surface area contributed by atoms with Gasteiger partial charge in [-0.1, -0.05) is 42.5 Å². The molecule has 0 N–H and O–H groups in total. The molecule has 0 atom stereocenters. The van der Waals surface area contributed by atoms with E-state index in [1.165, 1.54) is 16.9 Å². The Kier molecular flexibility index (Phi) is 9.00. The fourth-order valence-electron chi connectivity index (χ4n) is 3.02. The Hall–Kier alpha value is -2.00. The molecule has 1 aromatic heterocycles. The molecule has 9 heteroatoms. The van der Waals surface area contributed by atoms with Gasteiger partial charge >= 0.3 is 0 Å². The Morgan fingerprint density at radius 2 is 1.77 bits per heavy atom. The summed E-state index contributed by atoms with van der Waals surface area (Å²) in [5.74, 6) is -0.453. The third-order valence-electron chi connectivity index (χ3n) is 4.84. The van der Waals surface area contributed by atoms with Crippen LogP contribution in [0.1, 0.15) is 18.9 Å². The molecule has 0 fully saturated rings. The van der Waals surface area contributed by atoms with Crippen molar-refractivity contribution < 1.29 is 13.2 Å². The molecule has 0 unspecified atom stereocenters. The predicted molar refractivity (Wildman–Crippen MR) is 130 cm³/mol. The molecule has 3 aromatic rings. The molecule has 6 nitrogen and oxygen atoms in total. The minimum absolute atomic E-state index is 0. The second kappa shape index (κ2) is 11.0. The first-order valence-corrected chi connectivity index (χ1v) is 12.4. The minimum atomic E-state index is -3.51. The maximum absolute atomic E-state index is 13.0. The number of carbonyl (C=O) groups is 1. The summed E-state index contributed by atoms with van der Waals surface area (Å²) in [5.41, 5.74) is 2.07. The number of aromatic nitrogens is 1. The standard InChI is InChI=1S/C22H27N3O3S2.ClH/c1-4-17-10-11-19-20(16-17)29-22(23-19)25(14-13-24(2)3)21(26)12-15-30(27,28)18-8-6-5-7-9-18;/h5-11,16H,4,12-15H2,1-3H3;1H. The number of aryl methyl sites for hydroxylation is 1. The molecule has 0 spiro atoms. The van der Waals surface area contributed by atoms with Gasteiger partial charge in [0.2, 0.25) is 5.91 Å². The summed E-state index contributed by atoms with van der Waals surface area (Å²) >= 11 is 1.47. The highest BCUT2D eigenvalue weighted by atomic mass is 35.5. The van der Waals surface area contributed by atoms with Crippen molar-refractivity contribution in [3.8, 4) is 0 Å². The van der Waals surface area contributed by atoms with Gasteiger partial charge in [0.05, 0.1) is 20.9 Å². The smallest absolute Gasteiger partial charge is 0.229 e. The van der Waals surface area contributed by atoms with Crippen molar-refractivity contribution in [1.29, 1.82) is 0 Å². The number of rotatable bonds is 9. The average molecular weight is 482 g/mol. The van der Waals surface area contributed by atoms with E-state index in [0.29, 0.717) is 18.2 Å². The highest BCUT2D eigenvalue weighted by Gasteiger charge is 2.23. The van der Waals surface area contributed by atoms with Crippen LogP contribution in [-0.4, -0.2) is 57.1 Å². The SMILES string of the molecule is CCc1ccc2nc(N(CCN(C)C)C(=O)CCS(=O)(=O)c3ccccc3)sc2c1.Cl. The zero-order chi connectivity index (χ0) is 21.7. The number of amides is 1. The van der Waals surface area contributed by atoms with E-state index in [1.807, 2.05) is 31.1 Å². The van der Waals surface area contributed by atoms with Gasteiger partial charge < -0.3 is 4.90 Å². The Morgan fingerprint density at radius 1 is 1.06 bits per heavy atom. The summed E-state index contributed by atoms with van der Waals surface area (Å²) in [6.45, 7) is 3.22. The van der Waals surface area contributed by atoms with Crippen LogP contribution in [0.25, 0.3) is 10.2 Å². The number of benzene rings is 2. The van der Waals surface area contributed by atoms with Gasteiger partial charge in [0, 0.05) is 19.5 Å². The summed E-state index contributed by atoms with van der Waals surface area (Å²) in [4.78, 5) is 21.5. The summed E-state index contributed by atoms with van der Waals surface area (Å²) in [6.07, 6.45) is 0.852. The van der Waals surface area contributed by atoms with Gasteiger partial charge in [0.15, 0.2) is 15.0 Å². The number of carbonyl (C=O) groups excluding carboxylic acids is 1. The number of hydrogen-bond donors (Lipinski definition) is 0. The number of anilines is 1. The lowest BCUT2D eigenvalue weighted by molar-refractivity contribution is -0.118. The van der Waals surface area contributed by atoms with Crippen molar-refractivity contribution in [2.75, 3.05) is 37.8 Å². The molecule has 0 radical (unpaired) electrons. The van der Waals surface area contributed by atoms with E-state index in [1.54, 1.807) is 35.2 Å². The van der Waals surface area contributed by atoms with Crippen LogP contribution in [0.15, 0.2) is 53.4 Å². The largest absolute Gasteiger partial charge is 0.308 e. The topological polar surface area (TPSA) is 70.6 Å². The van der Waals surface area contributed by atoms with Gasteiger partial charge in [-0.2, -0.15) is 0 Å². The predicted octanol–water partition coefficient (Wildman–Crippen LogP) is 4.04. The van der Waals surface area contributed by atoms with E-state index in [4.69, 9.17) is 0 Å². The molecule has 0 bridgehead atoms. The Labute approximate surface area is 194 Å². The minimum Gasteiger partial charge on any atom is -0.308 e. The van der Waals surface area contributed by atoms with Crippen LogP contribution in [0.3, 0.4) is 0 Å². The van der Waals surface area contributed by atoms with Crippen LogP contribution >= 0.6 is 23.7 Å². The third-order valence-corrected chi connectivity index (χ3v) is 7.61. The van der Waals surface area contributed by atoms with Gasteiger partial charge in [-0.15, -0.1) is 12.4 Å². The number of likely N-dealkylation sites (N-methyl/N-ethyl adjacent to an activating group) is 1. The number of thiazole rings is 1. The first-order chi connectivity index (χ1) is 14.3. The van der Waals surface area contributed by atoms with Crippen LogP contribution in [0.4, 0.5) is 5.13 Å². The fourth-order valence-corrected chi connectivity index (χ4v) is 5.34. The van der Waals surface area contributed by atoms with Crippen molar-refractivity contribution in [2.24, 2.45) is 0 Å². The van der Waals surface area contributed by atoms with Crippen LogP contribution < -0.4 is 4.90 Å². The fraction of sp³-hybridized carbons (Fsp3) is 0.364. The number of fused-ring (bicyclic) bond motifs is 1. The Bertz CT molecular complexity index is 1120.